The van der Waals surface area contributed by atoms with Crippen LogP contribution in [0.3, 0.4) is 0 Å². The molecule has 1 aromatic rings. The Morgan fingerprint density at radius 3 is 2.45 bits per heavy atom. The zero-order chi connectivity index (χ0) is 14.6. The minimum Gasteiger partial charge on any atom is -0.392 e. The van der Waals surface area contributed by atoms with Gasteiger partial charge in [-0.15, -0.1) is 0 Å². The highest BCUT2D eigenvalue weighted by molar-refractivity contribution is 7.92. The summed E-state index contributed by atoms with van der Waals surface area (Å²) < 4.78 is 23.7. The number of benzene rings is 1. The van der Waals surface area contributed by atoms with Crippen LogP contribution < -0.4 is 5.32 Å². The summed E-state index contributed by atoms with van der Waals surface area (Å²) >= 11 is 0. The molecule has 1 fully saturated rings. The normalized spacial score (nSPS) is 21.4. The quantitative estimate of drug-likeness (QED) is 0.859. The number of carbonyl (C=O) groups excluding carboxylic acids is 1. The summed E-state index contributed by atoms with van der Waals surface area (Å²) in [5.74, 6) is -0.299. The van der Waals surface area contributed by atoms with Gasteiger partial charge in [-0.05, 0) is 24.0 Å². The van der Waals surface area contributed by atoms with E-state index in [1.165, 1.54) is 0 Å². The summed E-state index contributed by atoms with van der Waals surface area (Å²) in [6.45, 7) is 0.281. The fraction of sp³-hybridized carbons (Fsp3) is 0.500. The van der Waals surface area contributed by atoms with Crippen molar-refractivity contribution in [1.82, 2.24) is 5.32 Å². The highest BCUT2D eigenvalue weighted by Gasteiger charge is 2.34. The van der Waals surface area contributed by atoms with E-state index >= 15 is 0 Å². The van der Waals surface area contributed by atoms with Gasteiger partial charge < -0.3 is 10.4 Å². The second kappa shape index (κ2) is 6.37. The molecule has 1 aliphatic rings. The minimum absolute atomic E-state index is 0.0209. The van der Waals surface area contributed by atoms with Crippen LogP contribution in [0.5, 0.6) is 0 Å². The standard InChI is InChI=1S/C14H19NO4S/c16-10-12-6-4-11(5-7-12)9-15-14(17)13-3-1-2-8-20(13,18)19/h4-7,13,16H,1-3,8-10H2,(H,15,17). The molecule has 0 aliphatic carbocycles. The number of hydrogen-bond acceptors (Lipinski definition) is 4. The van der Waals surface area contributed by atoms with Gasteiger partial charge >= 0.3 is 0 Å². The monoisotopic (exact) mass is 297 g/mol. The Bertz CT molecular complexity index is 565. The maximum Gasteiger partial charge on any atom is 0.238 e. The molecule has 0 radical (unpaired) electrons. The number of aliphatic hydroxyl groups excluding tert-OH is 1. The van der Waals surface area contributed by atoms with Crippen molar-refractivity contribution >= 4 is 15.7 Å². The lowest BCUT2D eigenvalue weighted by Crippen LogP contribution is -2.42. The maximum atomic E-state index is 12.0. The van der Waals surface area contributed by atoms with Crippen molar-refractivity contribution in [1.29, 1.82) is 0 Å². The summed E-state index contributed by atoms with van der Waals surface area (Å²) in [7, 11) is -3.28. The molecule has 0 spiro atoms. The summed E-state index contributed by atoms with van der Waals surface area (Å²) in [5.41, 5.74) is 1.68. The minimum atomic E-state index is -3.28. The number of hydrogen-bond donors (Lipinski definition) is 2. The van der Waals surface area contributed by atoms with Crippen molar-refractivity contribution in [2.24, 2.45) is 0 Å². The van der Waals surface area contributed by atoms with Gasteiger partial charge in [0, 0.05) is 6.54 Å². The Hall–Kier alpha value is -1.40. The van der Waals surface area contributed by atoms with Crippen molar-refractivity contribution in [3.8, 4) is 0 Å². The molecule has 1 heterocycles. The Labute approximate surface area is 118 Å². The van der Waals surface area contributed by atoms with Gasteiger partial charge in [-0.1, -0.05) is 30.7 Å². The lowest BCUT2D eigenvalue weighted by Gasteiger charge is -2.21. The third-order valence-electron chi connectivity index (χ3n) is 3.54. The van der Waals surface area contributed by atoms with Crippen LogP contribution in [0, 0.1) is 0 Å². The van der Waals surface area contributed by atoms with Crippen molar-refractivity contribution in [2.75, 3.05) is 5.75 Å². The Kier molecular flexibility index (Phi) is 4.77. The van der Waals surface area contributed by atoms with Crippen LogP contribution in [0.25, 0.3) is 0 Å². The second-order valence-electron chi connectivity index (χ2n) is 5.04. The number of nitrogens with one attached hydrogen (secondary N) is 1. The maximum absolute atomic E-state index is 12.0. The molecular weight excluding hydrogens is 278 g/mol. The fourth-order valence-corrected chi connectivity index (χ4v) is 4.14. The van der Waals surface area contributed by atoms with Crippen LogP contribution >= 0.6 is 0 Å². The zero-order valence-electron chi connectivity index (χ0n) is 11.2. The van der Waals surface area contributed by atoms with Crippen LogP contribution in [-0.4, -0.2) is 30.4 Å². The largest absolute Gasteiger partial charge is 0.392 e. The molecular formula is C14H19NO4S. The average Bonchev–Trinajstić information content (AvgIpc) is 2.45. The molecule has 0 saturated carbocycles. The zero-order valence-corrected chi connectivity index (χ0v) is 12.0. The van der Waals surface area contributed by atoms with Crippen LogP contribution in [0.4, 0.5) is 0 Å². The van der Waals surface area contributed by atoms with E-state index in [2.05, 4.69) is 5.32 Å². The van der Waals surface area contributed by atoms with E-state index in [9.17, 15) is 13.2 Å². The molecule has 1 atom stereocenters. The number of amides is 1. The lowest BCUT2D eigenvalue weighted by molar-refractivity contribution is -0.121. The highest BCUT2D eigenvalue weighted by Crippen LogP contribution is 2.19. The number of rotatable bonds is 4. The van der Waals surface area contributed by atoms with E-state index in [1.807, 2.05) is 0 Å². The molecule has 1 aliphatic heterocycles. The third-order valence-corrected chi connectivity index (χ3v) is 5.72. The summed E-state index contributed by atoms with van der Waals surface area (Å²) in [6, 6.07) is 7.17. The Balaban J connectivity index is 1.94. The molecule has 0 bridgehead atoms. The molecule has 0 aromatic heterocycles. The predicted octanol–water partition coefficient (Wildman–Crippen LogP) is 0.762. The van der Waals surface area contributed by atoms with Crippen LogP contribution in [0.2, 0.25) is 0 Å². The van der Waals surface area contributed by atoms with Gasteiger partial charge in [0.25, 0.3) is 0 Å². The highest BCUT2D eigenvalue weighted by atomic mass is 32.2. The Morgan fingerprint density at radius 2 is 1.85 bits per heavy atom. The molecule has 20 heavy (non-hydrogen) atoms. The van der Waals surface area contributed by atoms with Gasteiger partial charge in [0.15, 0.2) is 9.84 Å². The van der Waals surface area contributed by atoms with Gasteiger partial charge in [-0.3, -0.25) is 4.79 Å². The van der Waals surface area contributed by atoms with Crippen molar-refractivity contribution in [2.45, 2.75) is 37.7 Å². The lowest BCUT2D eigenvalue weighted by atomic mass is 10.1. The summed E-state index contributed by atoms with van der Waals surface area (Å²) in [5, 5.41) is 10.7. The fourth-order valence-electron chi connectivity index (χ4n) is 2.31. The van der Waals surface area contributed by atoms with E-state index in [0.717, 1.165) is 17.5 Å². The van der Waals surface area contributed by atoms with E-state index in [1.54, 1.807) is 24.3 Å². The van der Waals surface area contributed by atoms with Crippen molar-refractivity contribution in [3.63, 3.8) is 0 Å². The molecule has 5 nitrogen and oxygen atoms in total. The van der Waals surface area contributed by atoms with E-state index in [-0.39, 0.29) is 12.4 Å². The van der Waals surface area contributed by atoms with Crippen LogP contribution in [0.15, 0.2) is 24.3 Å². The predicted molar refractivity (Wildman–Crippen MR) is 75.6 cm³/mol. The first-order valence-electron chi connectivity index (χ1n) is 6.71. The number of sulfone groups is 1. The van der Waals surface area contributed by atoms with Gasteiger partial charge in [0.05, 0.1) is 12.4 Å². The van der Waals surface area contributed by atoms with Gasteiger partial charge in [0.1, 0.15) is 5.25 Å². The second-order valence-corrected chi connectivity index (χ2v) is 7.35. The first-order chi connectivity index (χ1) is 9.53. The molecule has 2 rings (SSSR count). The SMILES string of the molecule is O=C(NCc1ccc(CO)cc1)C1CCCCS1(=O)=O. The number of carbonyl (C=O) groups is 1. The van der Waals surface area contributed by atoms with Gasteiger partial charge in [-0.25, -0.2) is 8.42 Å². The van der Waals surface area contributed by atoms with Crippen molar-refractivity contribution < 1.29 is 18.3 Å². The van der Waals surface area contributed by atoms with Crippen LogP contribution in [0.1, 0.15) is 30.4 Å². The molecule has 2 N–H and O–H groups in total. The van der Waals surface area contributed by atoms with Gasteiger partial charge in [0.2, 0.25) is 5.91 Å². The van der Waals surface area contributed by atoms with E-state index < -0.39 is 21.0 Å². The molecule has 1 aromatic carbocycles. The Morgan fingerprint density at radius 1 is 1.20 bits per heavy atom. The smallest absolute Gasteiger partial charge is 0.238 e. The topological polar surface area (TPSA) is 83.5 Å². The summed E-state index contributed by atoms with van der Waals surface area (Å²) in [4.78, 5) is 12.0. The van der Waals surface area contributed by atoms with Gasteiger partial charge in [-0.2, -0.15) is 0 Å². The van der Waals surface area contributed by atoms with E-state index in [4.69, 9.17) is 5.11 Å². The third kappa shape index (κ3) is 3.58. The van der Waals surface area contributed by atoms with Crippen LogP contribution in [-0.2, 0) is 27.8 Å². The molecule has 1 amide bonds. The van der Waals surface area contributed by atoms with E-state index in [0.29, 0.717) is 19.4 Å². The average molecular weight is 297 g/mol. The molecule has 1 saturated heterocycles. The summed E-state index contributed by atoms with van der Waals surface area (Å²) in [6.07, 6.45) is 1.84. The first kappa shape index (κ1) is 15.0. The number of aliphatic hydroxyl groups is 1. The molecule has 6 heteroatoms. The molecule has 110 valence electrons. The molecule has 1 unspecified atom stereocenters. The van der Waals surface area contributed by atoms with Crippen molar-refractivity contribution in [3.05, 3.63) is 35.4 Å². The first-order valence-corrected chi connectivity index (χ1v) is 8.42.